The maximum absolute atomic E-state index is 14.1. The highest BCUT2D eigenvalue weighted by Gasteiger charge is 2.58. The molecule has 5 atom stereocenters. The fourth-order valence-corrected chi connectivity index (χ4v) is 9.22. The average molecular weight is 630 g/mol. The highest BCUT2D eigenvalue weighted by atomic mass is 32.2. The predicted molar refractivity (Wildman–Crippen MR) is 171 cm³/mol. The van der Waals surface area contributed by atoms with Crippen molar-refractivity contribution in [3.8, 4) is 0 Å². The minimum atomic E-state index is -3.61. The number of rotatable bonds is 7. The molecule has 2 aromatic rings. The zero-order valence-corrected chi connectivity index (χ0v) is 27.6. The molecule has 0 spiro atoms. The second-order valence-electron chi connectivity index (χ2n) is 13.4. The van der Waals surface area contributed by atoms with Crippen LogP contribution >= 0.6 is 11.3 Å². The normalized spacial score (nSPS) is 30.3. The van der Waals surface area contributed by atoms with E-state index in [4.69, 9.17) is 4.74 Å². The summed E-state index contributed by atoms with van der Waals surface area (Å²) in [4.78, 5) is 15.8. The lowest BCUT2D eigenvalue weighted by atomic mass is 9.65. The van der Waals surface area contributed by atoms with Crippen LogP contribution in [0.4, 0.5) is 0 Å². The first-order valence-corrected chi connectivity index (χ1v) is 18.3. The first-order chi connectivity index (χ1) is 20.3. The molecular formula is C34H47NO6S2. The van der Waals surface area contributed by atoms with Crippen LogP contribution in [0, 0.1) is 12.3 Å². The van der Waals surface area contributed by atoms with Crippen molar-refractivity contribution >= 4 is 27.1 Å². The van der Waals surface area contributed by atoms with Gasteiger partial charge in [0.2, 0.25) is 15.8 Å². The minimum absolute atomic E-state index is 0.000928. The highest BCUT2D eigenvalue weighted by molar-refractivity contribution is 7.88. The Morgan fingerprint density at radius 2 is 1.93 bits per heavy atom. The zero-order valence-electron chi connectivity index (χ0n) is 26.0. The summed E-state index contributed by atoms with van der Waals surface area (Å²) < 4.78 is 33.3. The lowest BCUT2D eigenvalue weighted by Gasteiger charge is -2.46. The molecular weight excluding hydrogens is 583 g/mol. The lowest BCUT2D eigenvalue weighted by molar-refractivity contribution is -0.0753. The van der Waals surface area contributed by atoms with Crippen LogP contribution < -0.4 is 0 Å². The molecule has 1 aliphatic heterocycles. The van der Waals surface area contributed by atoms with E-state index in [9.17, 15) is 23.4 Å². The Morgan fingerprint density at radius 1 is 1.14 bits per heavy atom. The second-order valence-corrected chi connectivity index (χ2v) is 16.6. The van der Waals surface area contributed by atoms with Gasteiger partial charge in [0, 0.05) is 35.6 Å². The summed E-state index contributed by atoms with van der Waals surface area (Å²) in [5.74, 6) is -0.196. The molecule has 5 unspecified atom stereocenters. The van der Waals surface area contributed by atoms with Crippen molar-refractivity contribution in [3.05, 3.63) is 68.4 Å². The number of benzene rings is 1. The van der Waals surface area contributed by atoms with Crippen LogP contribution in [0.3, 0.4) is 0 Å². The highest BCUT2D eigenvalue weighted by Crippen LogP contribution is 2.59. The third kappa shape index (κ3) is 7.02. The van der Waals surface area contributed by atoms with Crippen LogP contribution in [0.2, 0.25) is 0 Å². The van der Waals surface area contributed by atoms with Crippen LogP contribution in [0.1, 0.15) is 102 Å². The summed E-state index contributed by atoms with van der Waals surface area (Å²) in [6.45, 7) is 7.03. The SMILES string of the molecule is CC1=CCCC2(C)C(CCC2(O)CN(CC2CCCO2)S(C)(=O)=O)c2ccc(cc2C(=O)c2ccc(C)s2)CC(O)CC1. The largest absolute Gasteiger partial charge is 0.393 e. The Hall–Kier alpha value is -1.88. The van der Waals surface area contributed by atoms with Gasteiger partial charge in [0.25, 0.3) is 0 Å². The molecule has 236 valence electrons. The number of aliphatic hydroxyl groups is 2. The minimum Gasteiger partial charge on any atom is -0.393 e. The first kappa shape index (κ1) is 32.5. The molecule has 2 N–H and O–H groups in total. The predicted octanol–water partition coefficient (Wildman–Crippen LogP) is 5.77. The van der Waals surface area contributed by atoms with Crippen molar-refractivity contribution in [3.63, 3.8) is 0 Å². The molecule has 6 rings (SSSR count). The van der Waals surface area contributed by atoms with Gasteiger partial charge in [-0.3, -0.25) is 4.79 Å². The third-order valence-electron chi connectivity index (χ3n) is 10.2. The zero-order chi connectivity index (χ0) is 31.0. The van der Waals surface area contributed by atoms with E-state index in [1.165, 1.54) is 27.5 Å². The number of aliphatic hydroxyl groups excluding tert-OH is 1. The van der Waals surface area contributed by atoms with Crippen LogP contribution in [-0.2, 0) is 21.2 Å². The summed E-state index contributed by atoms with van der Waals surface area (Å²) in [6, 6.07) is 9.82. The molecule has 2 bridgehead atoms. The van der Waals surface area contributed by atoms with Gasteiger partial charge in [0.1, 0.15) is 0 Å². The maximum Gasteiger partial charge on any atom is 0.211 e. The topological polar surface area (TPSA) is 104 Å². The molecule has 9 heteroatoms. The van der Waals surface area contributed by atoms with Gasteiger partial charge in [-0.25, -0.2) is 8.42 Å². The molecule has 43 heavy (non-hydrogen) atoms. The van der Waals surface area contributed by atoms with E-state index in [0.29, 0.717) is 55.6 Å². The number of allylic oxidation sites excluding steroid dienone is 2. The molecule has 3 aliphatic carbocycles. The van der Waals surface area contributed by atoms with Crippen LogP contribution in [0.5, 0.6) is 0 Å². The molecule has 2 fully saturated rings. The Bertz CT molecular complexity index is 1460. The molecule has 0 amide bonds. The van der Waals surface area contributed by atoms with E-state index in [-0.39, 0.29) is 30.9 Å². The first-order valence-electron chi connectivity index (χ1n) is 15.7. The van der Waals surface area contributed by atoms with Gasteiger partial charge in [-0.05, 0) is 107 Å². The number of fused-ring (bicyclic) bond motifs is 8. The van der Waals surface area contributed by atoms with Gasteiger partial charge in [-0.1, -0.05) is 30.7 Å². The number of aryl methyl sites for hydroxylation is 1. The van der Waals surface area contributed by atoms with Crippen molar-refractivity contribution < 1.29 is 28.2 Å². The Kier molecular flexibility index (Phi) is 9.72. The number of nitrogens with zero attached hydrogens (tertiary/aromatic N) is 1. The van der Waals surface area contributed by atoms with E-state index in [0.717, 1.165) is 35.3 Å². The van der Waals surface area contributed by atoms with Gasteiger partial charge >= 0.3 is 0 Å². The summed E-state index contributed by atoms with van der Waals surface area (Å²) in [5, 5.41) is 23.4. The third-order valence-corrected chi connectivity index (χ3v) is 12.4. The van der Waals surface area contributed by atoms with Crippen molar-refractivity contribution in [2.75, 3.05) is 26.0 Å². The number of hydrogen-bond acceptors (Lipinski definition) is 7. The Labute approximate surface area is 261 Å². The van der Waals surface area contributed by atoms with Gasteiger partial charge in [0.15, 0.2) is 0 Å². The van der Waals surface area contributed by atoms with Gasteiger partial charge < -0.3 is 14.9 Å². The van der Waals surface area contributed by atoms with Crippen molar-refractivity contribution in [2.45, 2.75) is 102 Å². The van der Waals surface area contributed by atoms with Gasteiger partial charge in [-0.2, -0.15) is 4.31 Å². The Morgan fingerprint density at radius 3 is 2.60 bits per heavy atom. The molecule has 7 nitrogen and oxygen atoms in total. The molecule has 1 saturated heterocycles. The number of ether oxygens (including phenoxy) is 1. The molecule has 1 aromatic carbocycles. The van der Waals surface area contributed by atoms with Crippen LogP contribution in [-0.4, -0.2) is 72.5 Å². The molecule has 0 radical (unpaired) electrons. The standard InChI is InChI=1S/C34H47NO6S2/c1-23-7-5-16-33(3)30(15-17-34(33,38)22-35(43(4,39)40)21-27-8-6-18-41-27)28-13-11-25(19-26(36)12-9-23)20-29(28)32(37)31-14-10-24(2)42-31/h7,10-11,13-14,20,26-27,30,36,38H,5-6,8-9,12,15-19,21-22H2,1-4H3. The summed E-state index contributed by atoms with van der Waals surface area (Å²) in [6.07, 6.45) is 8.75. The van der Waals surface area contributed by atoms with Gasteiger partial charge in [0.05, 0.1) is 28.9 Å². The Balaban J connectivity index is 1.59. The van der Waals surface area contributed by atoms with Crippen LogP contribution in [0.15, 0.2) is 42.0 Å². The smallest absolute Gasteiger partial charge is 0.211 e. The number of carbonyl (C=O) groups is 1. The van der Waals surface area contributed by atoms with E-state index in [1.54, 1.807) is 0 Å². The summed E-state index contributed by atoms with van der Waals surface area (Å²) in [7, 11) is -3.61. The summed E-state index contributed by atoms with van der Waals surface area (Å²) in [5.41, 5.74) is 1.64. The van der Waals surface area contributed by atoms with Crippen molar-refractivity contribution in [1.29, 1.82) is 0 Å². The number of thiophene rings is 1. The molecule has 1 aromatic heterocycles. The van der Waals surface area contributed by atoms with E-state index in [1.807, 2.05) is 37.3 Å². The fourth-order valence-electron chi connectivity index (χ4n) is 7.51. The van der Waals surface area contributed by atoms with Crippen molar-refractivity contribution in [1.82, 2.24) is 4.31 Å². The van der Waals surface area contributed by atoms with Crippen molar-refractivity contribution in [2.24, 2.45) is 5.41 Å². The fraction of sp³-hybridized carbons (Fsp3) is 0.618. The quantitative estimate of drug-likeness (QED) is 0.298. The number of sulfonamides is 1. The van der Waals surface area contributed by atoms with E-state index >= 15 is 0 Å². The molecule has 4 aliphatic rings. The number of carbonyl (C=O) groups excluding carboxylic acids is 1. The summed E-state index contributed by atoms with van der Waals surface area (Å²) >= 11 is 1.47. The number of ketones is 1. The lowest BCUT2D eigenvalue weighted by Crippen LogP contribution is -2.54. The molecule has 1 saturated carbocycles. The van der Waals surface area contributed by atoms with E-state index in [2.05, 4.69) is 19.9 Å². The van der Waals surface area contributed by atoms with Gasteiger partial charge in [-0.15, -0.1) is 11.3 Å². The second kappa shape index (κ2) is 12.9. The average Bonchev–Trinajstić information content (AvgIpc) is 3.67. The number of hydrogen-bond donors (Lipinski definition) is 2. The molecule has 2 heterocycles. The van der Waals surface area contributed by atoms with Crippen LogP contribution in [0.25, 0.3) is 0 Å². The van der Waals surface area contributed by atoms with E-state index < -0.39 is 27.1 Å². The maximum atomic E-state index is 14.1. The monoisotopic (exact) mass is 629 g/mol.